The first-order valence-corrected chi connectivity index (χ1v) is 6.90. The fraction of sp³-hybridized carbons (Fsp3) is 0.462. The smallest absolute Gasteiger partial charge is 0.335 e. The molecule has 1 N–H and O–H groups in total. The van der Waals surface area contributed by atoms with Crippen molar-refractivity contribution in [2.45, 2.75) is 31.9 Å². The van der Waals surface area contributed by atoms with Crippen molar-refractivity contribution in [2.75, 3.05) is 5.75 Å². The van der Waals surface area contributed by atoms with Gasteiger partial charge in [-0.2, -0.15) is 11.8 Å². The zero-order valence-corrected chi connectivity index (χ0v) is 10.7. The summed E-state index contributed by atoms with van der Waals surface area (Å²) in [6.45, 7) is 2.14. The lowest BCUT2D eigenvalue weighted by molar-refractivity contribution is 0.0696. The molecular weight excluding hydrogens is 239 g/mol. The van der Waals surface area contributed by atoms with Crippen molar-refractivity contribution in [2.24, 2.45) is 0 Å². The van der Waals surface area contributed by atoms with Crippen molar-refractivity contribution in [3.63, 3.8) is 0 Å². The van der Waals surface area contributed by atoms with Gasteiger partial charge in [0.1, 0.15) is 5.82 Å². The Hall–Kier alpha value is -1.03. The quantitative estimate of drug-likeness (QED) is 0.751. The number of unbranched alkanes of at least 4 members (excludes halogenated alkanes) is 2. The molecule has 2 nitrogen and oxygen atoms in total. The molecule has 0 heterocycles. The van der Waals surface area contributed by atoms with Crippen molar-refractivity contribution in [3.05, 3.63) is 35.1 Å². The zero-order chi connectivity index (χ0) is 12.7. The number of rotatable bonds is 7. The second kappa shape index (κ2) is 7.33. The van der Waals surface area contributed by atoms with Gasteiger partial charge in [-0.25, -0.2) is 9.18 Å². The molecule has 0 aromatic heterocycles. The first-order chi connectivity index (χ1) is 8.15. The molecule has 4 heteroatoms. The van der Waals surface area contributed by atoms with Crippen LogP contribution in [-0.2, 0) is 5.75 Å². The molecule has 94 valence electrons. The molecule has 0 spiro atoms. The standard InChI is InChI=1S/C13H17FO2S/c1-2-3-4-7-17-9-11-8-10(13(15)16)5-6-12(11)14/h5-6,8H,2-4,7,9H2,1H3,(H,15,16). The van der Waals surface area contributed by atoms with Gasteiger partial charge in [0.15, 0.2) is 0 Å². The van der Waals surface area contributed by atoms with Gasteiger partial charge in [0.25, 0.3) is 0 Å². The lowest BCUT2D eigenvalue weighted by Crippen LogP contribution is -1.99. The molecular formula is C13H17FO2S. The van der Waals surface area contributed by atoms with Crippen LogP contribution in [0.3, 0.4) is 0 Å². The summed E-state index contributed by atoms with van der Waals surface area (Å²) < 4.78 is 13.4. The molecule has 0 saturated heterocycles. The van der Waals surface area contributed by atoms with E-state index in [2.05, 4.69) is 6.92 Å². The van der Waals surface area contributed by atoms with E-state index in [-0.39, 0.29) is 11.4 Å². The topological polar surface area (TPSA) is 37.3 Å². The van der Waals surface area contributed by atoms with Crippen LogP contribution >= 0.6 is 11.8 Å². The third-order valence-electron chi connectivity index (χ3n) is 2.44. The number of hydrogen-bond donors (Lipinski definition) is 1. The maximum Gasteiger partial charge on any atom is 0.335 e. The molecule has 0 saturated carbocycles. The second-order valence-electron chi connectivity index (χ2n) is 3.87. The van der Waals surface area contributed by atoms with Gasteiger partial charge in [-0.15, -0.1) is 0 Å². The average molecular weight is 256 g/mol. The van der Waals surface area contributed by atoms with Gasteiger partial charge in [0, 0.05) is 5.75 Å². The Balaban J connectivity index is 2.51. The highest BCUT2D eigenvalue weighted by molar-refractivity contribution is 7.98. The molecule has 0 radical (unpaired) electrons. The molecule has 0 aliphatic rings. The fourth-order valence-corrected chi connectivity index (χ4v) is 2.45. The van der Waals surface area contributed by atoms with Gasteiger partial charge < -0.3 is 5.11 Å². The molecule has 0 atom stereocenters. The highest BCUT2D eigenvalue weighted by atomic mass is 32.2. The van der Waals surface area contributed by atoms with Crippen molar-refractivity contribution >= 4 is 17.7 Å². The predicted octanol–water partition coefficient (Wildman–Crippen LogP) is 3.95. The van der Waals surface area contributed by atoms with Gasteiger partial charge in [0.05, 0.1) is 5.56 Å². The molecule has 0 aliphatic carbocycles. The van der Waals surface area contributed by atoms with Crippen molar-refractivity contribution in [1.82, 2.24) is 0 Å². The van der Waals surface area contributed by atoms with Crippen LogP contribution in [0.5, 0.6) is 0 Å². The van der Waals surface area contributed by atoms with Crippen molar-refractivity contribution in [1.29, 1.82) is 0 Å². The maximum atomic E-state index is 13.4. The summed E-state index contributed by atoms with van der Waals surface area (Å²) in [5.74, 6) is 0.196. The molecule has 1 aromatic rings. The third kappa shape index (κ3) is 4.77. The SMILES string of the molecule is CCCCCSCc1cc(C(=O)O)ccc1F. The minimum absolute atomic E-state index is 0.149. The molecule has 0 amide bonds. The summed E-state index contributed by atoms with van der Waals surface area (Å²) >= 11 is 1.65. The van der Waals surface area contributed by atoms with Gasteiger partial charge >= 0.3 is 5.97 Å². The van der Waals surface area contributed by atoms with Crippen LogP contribution in [0, 0.1) is 5.82 Å². The normalized spacial score (nSPS) is 10.5. The van der Waals surface area contributed by atoms with E-state index in [0.717, 1.165) is 12.2 Å². The summed E-state index contributed by atoms with van der Waals surface area (Å²) in [6.07, 6.45) is 3.48. The number of aromatic carboxylic acids is 1. The lowest BCUT2D eigenvalue weighted by atomic mass is 10.1. The molecule has 1 aromatic carbocycles. The van der Waals surface area contributed by atoms with E-state index in [0.29, 0.717) is 11.3 Å². The van der Waals surface area contributed by atoms with Crippen molar-refractivity contribution in [3.8, 4) is 0 Å². The summed E-state index contributed by atoms with van der Waals surface area (Å²) in [7, 11) is 0. The summed E-state index contributed by atoms with van der Waals surface area (Å²) in [6, 6.07) is 3.94. The molecule has 0 aliphatic heterocycles. The van der Waals surface area contributed by atoms with Crippen LogP contribution in [-0.4, -0.2) is 16.8 Å². The number of benzene rings is 1. The van der Waals surface area contributed by atoms with E-state index in [4.69, 9.17) is 5.11 Å². The van der Waals surface area contributed by atoms with Crippen LogP contribution < -0.4 is 0 Å². The minimum atomic E-state index is -1.01. The number of carboxylic acids is 1. The number of thioether (sulfide) groups is 1. The molecule has 0 bridgehead atoms. The van der Waals surface area contributed by atoms with Gasteiger partial charge in [0.2, 0.25) is 0 Å². The third-order valence-corrected chi connectivity index (χ3v) is 3.53. The highest BCUT2D eigenvalue weighted by Crippen LogP contribution is 2.18. The second-order valence-corrected chi connectivity index (χ2v) is 4.98. The maximum absolute atomic E-state index is 13.4. The monoisotopic (exact) mass is 256 g/mol. The van der Waals surface area contributed by atoms with Crippen LogP contribution in [0.2, 0.25) is 0 Å². The predicted molar refractivity (Wildman–Crippen MR) is 69.0 cm³/mol. The Bertz CT molecular complexity index is 380. The summed E-state index contributed by atoms with van der Waals surface area (Å²) in [5.41, 5.74) is 0.627. The molecule has 1 rings (SSSR count). The Kier molecular flexibility index (Phi) is 6.05. The molecule has 0 fully saturated rings. The van der Waals surface area contributed by atoms with E-state index < -0.39 is 5.97 Å². The van der Waals surface area contributed by atoms with Crippen LogP contribution in [0.4, 0.5) is 4.39 Å². The van der Waals surface area contributed by atoms with E-state index in [1.807, 2.05) is 0 Å². The van der Waals surface area contributed by atoms with Crippen molar-refractivity contribution < 1.29 is 14.3 Å². The van der Waals surface area contributed by atoms with Crippen LogP contribution in [0.15, 0.2) is 18.2 Å². The molecule has 0 unspecified atom stereocenters. The van der Waals surface area contributed by atoms with Gasteiger partial charge in [-0.3, -0.25) is 0 Å². The number of carboxylic acid groups (broad SMARTS) is 1. The van der Waals surface area contributed by atoms with Crippen LogP contribution in [0.1, 0.15) is 42.1 Å². The van der Waals surface area contributed by atoms with E-state index in [1.54, 1.807) is 11.8 Å². The van der Waals surface area contributed by atoms with Gasteiger partial charge in [-0.05, 0) is 35.9 Å². The summed E-state index contributed by atoms with van der Waals surface area (Å²) in [4.78, 5) is 10.8. The summed E-state index contributed by atoms with van der Waals surface area (Å²) in [5, 5.41) is 8.81. The van der Waals surface area contributed by atoms with Gasteiger partial charge in [-0.1, -0.05) is 19.8 Å². The average Bonchev–Trinajstić information content (AvgIpc) is 2.30. The van der Waals surface area contributed by atoms with Crippen LogP contribution in [0.25, 0.3) is 0 Å². The highest BCUT2D eigenvalue weighted by Gasteiger charge is 2.08. The number of halogens is 1. The minimum Gasteiger partial charge on any atom is -0.478 e. The Morgan fingerprint density at radius 2 is 2.18 bits per heavy atom. The zero-order valence-electron chi connectivity index (χ0n) is 9.91. The Morgan fingerprint density at radius 3 is 2.82 bits per heavy atom. The van der Waals surface area contributed by atoms with E-state index >= 15 is 0 Å². The van der Waals surface area contributed by atoms with E-state index in [1.165, 1.54) is 31.0 Å². The largest absolute Gasteiger partial charge is 0.478 e. The molecule has 17 heavy (non-hydrogen) atoms. The Labute approximate surface area is 105 Å². The van der Waals surface area contributed by atoms with E-state index in [9.17, 15) is 9.18 Å². The Morgan fingerprint density at radius 1 is 1.41 bits per heavy atom. The number of carbonyl (C=O) groups is 1. The lowest BCUT2D eigenvalue weighted by Gasteiger charge is -2.04. The first kappa shape index (κ1) is 14.0. The number of hydrogen-bond acceptors (Lipinski definition) is 2. The fourth-order valence-electron chi connectivity index (χ4n) is 1.45. The first-order valence-electron chi connectivity index (χ1n) is 5.74.